The number of pyridine rings is 1. The average molecular weight is 546 g/mol. The first-order valence-electron chi connectivity index (χ1n) is 10.2. The summed E-state index contributed by atoms with van der Waals surface area (Å²) in [6, 6.07) is 11.2. The lowest BCUT2D eigenvalue weighted by atomic mass is 10.0. The summed E-state index contributed by atoms with van der Waals surface area (Å²) in [5, 5.41) is 1.49. The van der Waals surface area contributed by atoms with Gasteiger partial charge in [0.2, 0.25) is 0 Å². The van der Waals surface area contributed by atoms with Gasteiger partial charge in [-0.2, -0.15) is 0 Å². The molecule has 0 saturated carbocycles. The molecule has 0 aliphatic rings. The second kappa shape index (κ2) is 9.69. The molecule has 0 saturated heterocycles. The fourth-order valence-corrected chi connectivity index (χ4v) is 5.48. The zero-order valence-electron chi connectivity index (χ0n) is 18.0. The molecule has 0 aliphatic heterocycles. The Morgan fingerprint density at radius 1 is 1.00 bits per heavy atom. The summed E-state index contributed by atoms with van der Waals surface area (Å²) in [5.74, 6) is -1.52. The quantitative estimate of drug-likeness (QED) is 0.237. The Morgan fingerprint density at radius 2 is 1.83 bits per heavy atom. The van der Waals surface area contributed by atoms with Crippen LogP contribution in [-0.2, 0) is 10.0 Å². The van der Waals surface area contributed by atoms with E-state index < -0.39 is 26.6 Å². The van der Waals surface area contributed by atoms with Crippen LogP contribution in [0.4, 0.5) is 13.9 Å². The van der Waals surface area contributed by atoms with Crippen LogP contribution >= 0.6 is 22.9 Å². The van der Waals surface area contributed by atoms with Crippen LogP contribution in [0.2, 0.25) is 5.02 Å². The SMILES string of the molecule is O=S(=O)(Nc1nccs1)c1cc(Cl)c(Oc2cnc(-c3ccccc3F)cc2-c2ccoc2)cc1F. The lowest BCUT2D eigenvalue weighted by molar-refractivity contribution is 0.473. The van der Waals surface area contributed by atoms with E-state index in [1.165, 1.54) is 31.0 Å². The summed E-state index contributed by atoms with van der Waals surface area (Å²) in [5.41, 5.74) is 1.67. The van der Waals surface area contributed by atoms with Crippen LogP contribution in [0, 0.1) is 11.6 Å². The summed E-state index contributed by atoms with van der Waals surface area (Å²) >= 11 is 7.32. The number of sulfonamides is 1. The Morgan fingerprint density at radius 3 is 2.56 bits per heavy atom. The minimum absolute atomic E-state index is 0.0802. The third-order valence-electron chi connectivity index (χ3n) is 5.00. The van der Waals surface area contributed by atoms with Crippen molar-refractivity contribution in [3.05, 3.63) is 95.5 Å². The Balaban J connectivity index is 1.52. The fourth-order valence-electron chi connectivity index (χ4n) is 3.34. The number of nitrogens with zero attached hydrogens (tertiary/aromatic N) is 2. The van der Waals surface area contributed by atoms with Gasteiger partial charge in [-0.1, -0.05) is 23.7 Å². The molecule has 7 nitrogen and oxygen atoms in total. The maximum absolute atomic E-state index is 14.9. The highest BCUT2D eigenvalue weighted by Gasteiger charge is 2.24. The lowest BCUT2D eigenvalue weighted by Gasteiger charge is -2.14. The van der Waals surface area contributed by atoms with Gasteiger partial charge in [-0.25, -0.2) is 22.2 Å². The van der Waals surface area contributed by atoms with Gasteiger partial charge in [-0.15, -0.1) is 11.3 Å². The van der Waals surface area contributed by atoms with Crippen molar-refractivity contribution in [1.82, 2.24) is 9.97 Å². The van der Waals surface area contributed by atoms with Crippen molar-refractivity contribution in [3.8, 4) is 33.9 Å². The molecule has 5 aromatic rings. The van der Waals surface area contributed by atoms with E-state index in [2.05, 4.69) is 14.7 Å². The van der Waals surface area contributed by atoms with Gasteiger partial charge in [-0.05, 0) is 30.3 Å². The molecule has 2 aromatic carbocycles. The first-order chi connectivity index (χ1) is 17.3. The van der Waals surface area contributed by atoms with Crippen LogP contribution in [0.15, 0.2) is 88.1 Å². The van der Waals surface area contributed by atoms with Crippen LogP contribution in [0.3, 0.4) is 0 Å². The largest absolute Gasteiger partial charge is 0.472 e. The molecule has 1 N–H and O–H groups in total. The summed E-state index contributed by atoms with van der Waals surface area (Å²) in [4.78, 5) is 7.45. The van der Waals surface area contributed by atoms with Gasteiger partial charge >= 0.3 is 0 Å². The molecule has 12 heteroatoms. The summed E-state index contributed by atoms with van der Waals surface area (Å²) in [6.45, 7) is 0. The molecular weight excluding hydrogens is 532 g/mol. The second-order valence-electron chi connectivity index (χ2n) is 7.32. The van der Waals surface area contributed by atoms with Crippen molar-refractivity contribution in [1.29, 1.82) is 0 Å². The first-order valence-corrected chi connectivity index (χ1v) is 12.9. The topological polar surface area (TPSA) is 94.3 Å². The number of furan rings is 1. The number of thiazole rings is 1. The molecule has 0 aliphatic carbocycles. The summed E-state index contributed by atoms with van der Waals surface area (Å²) < 4.78 is 67.7. The van der Waals surface area contributed by atoms with Gasteiger partial charge in [0.15, 0.2) is 10.9 Å². The minimum Gasteiger partial charge on any atom is -0.472 e. The van der Waals surface area contributed by atoms with Crippen LogP contribution in [0.5, 0.6) is 11.5 Å². The van der Waals surface area contributed by atoms with E-state index in [1.54, 1.807) is 35.7 Å². The van der Waals surface area contributed by atoms with Gasteiger partial charge in [0.25, 0.3) is 10.0 Å². The first kappa shape index (κ1) is 23.9. The maximum atomic E-state index is 14.9. The molecule has 3 aromatic heterocycles. The second-order valence-corrected chi connectivity index (χ2v) is 10.3. The number of aromatic nitrogens is 2. The van der Waals surface area contributed by atoms with Crippen LogP contribution < -0.4 is 9.46 Å². The number of anilines is 1. The van der Waals surface area contributed by atoms with E-state index in [1.807, 2.05) is 0 Å². The maximum Gasteiger partial charge on any atom is 0.266 e. The number of benzene rings is 2. The van der Waals surface area contributed by atoms with Gasteiger partial charge in [-0.3, -0.25) is 9.71 Å². The van der Waals surface area contributed by atoms with Crippen molar-refractivity contribution in [3.63, 3.8) is 0 Å². The molecule has 5 rings (SSSR count). The number of hydrogen-bond acceptors (Lipinski definition) is 7. The third-order valence-corrected chi connectivity index (χ3v) is 7.47. The van der Waals surface area contributed by atoms with E-state index in [-0.39, 0.29) is 27.2 Å². The van der Waals surface area contributed by atoms with Crippen molar-refractivity contribution in [2.45, 2.75) is 4.90 Å². The van der Waals surface area contributed by atoms with E-state index in [9.17, 15) is 17.2 Å². The third kappa shape index (κ3) is 4.81. The van der Waals surface area contributed by atoms with Gasteiger partial charge in [0.1, 0.15) is 22.3 Å². The molecule has 0 amide bonds. The molecule has 0 spiro atoms. The molecule has 0 bridgehead atoms. The van der Waals surface area contributed by atoms with Crippen molar-refractivity contribution < 1.29 is 26.4 Å². The Labute approximate surface area is 213 Å². The molecule has 0 radical (unpaired) electrons. The predicted molar refractivity (Wildman–Crippen MR) is 132 cm³/mol. The van der Waals surface area contributed by atoms with E-state index >= 15 is 0 Å². The summed E-state index contributed by atoms with van der Waals surface area (Å²) in [6.07, 6.45) is 5.65. The number of rotatable bonds is 7. The lowest BCUT2D eigenvalue weighted by Crippen LogP contribution is -2.14. The zero-order chi connectivity index (χ0) is 25.3. The Kier molecular flexibility index (Phi) is 6.44. The highest BCUT2D eigenvalue weighted by atomic mass is 35.5. The predicted octanol–water partition coefficient (Wildman–Crippen LogP) is 6.99. The molecule has 182 valence electrons. The van der Waals surface area contributed by atoms with Gasteiger partial charge in [0.05, 0.1) is 29.4 Å². The fraction of sp³-hybridized carbons (Fsp3) is 0. The van der Waals surface area contributed by atoms with Gasteiger partial charge < -0.3 is 9.15 Å². The number of halogens is 3. The van der Waals surface area contributed by atoms with E-state index in [4.69, 9.17) is 20.8 Å². The Hall–Kier alpha value is -3.80. The molecule has 3 heterocycles. The van der Waals surface area contributed by atoms with Crippen LogP contribution in [0.1, 0.15) is 0 Å². The number of ether oxygens (including phenoxy) is 1. The van der Waals surface area contributed by atoms with E-state index in [0.717, 1.165) is 23.5 Å². The summed E-state index contributed by atoms with van der Waals surface area (Å²) in [7, 11) is -4.29. The van der Waals surface area contributed by atoms with Crippen molar-refractivity contribution in [2.75, 3.05) is 4.72 Å². The smallest absolute Gasteiger partial charge is 0.266 e. The monoisotopic (exact) mass is 545 g/mol. The Bertz CT molecular complexity index is 1640. The van der Waals surface area contributed by atoms with Crippen LogP contribution in [0.25, 0.3) is 22.4 Å². The van der Waals surface area contributed by atoms with Crippen LogP contribution in [-0.4, -0.2) is 18.4 Å². The molecule has 0 unspecified atom stereocenters. The molecule has 0 atom stereocenters. The molecular formula is C24H14ClF2N3O4S2. The molecule has 36 heavy (non-hydrogen) atoms. The molecule has 0 fully saturated rings. The van der Waals surface area contributed by atoms with E-state index in [0.29, 0.717) is 16.8 Å². The number of nitrogens with one attached hydrogen (secondary N) is 1. The zero-order valence-corrected chi connectivity index (χ0v) is 20.4. The normalized spacial score (nSPS) is 11.4. The van der Waals surface area contributed by atoms with Crippen molar-refractivity contribution in [2.24, 2.45) is 0 Å². The highest BCUT2D eigenvalue weighted by molar-refractivity contribution is 7.93. The highest BCUT2D eigenvalue weighted by Crippen LogP contribution is 2.39. The minimum atomic E-state index is -4.29. The standard InChI is InChI=1S/C24H14ClF2N3O4S2/c25-17-10-23(36(31,32)30-24-28-6-8-35-24)19(27)11-21(17)34-22-12-29-20(15-3-1-2-4-18(15)26)9-16(22)14-5-7-33-13-14/h1-13H,(H,28,30). The average Bonchev–Trinajstić information content (AvgIpc) is 3.56. The van der Waals surface area contributed by atoms with Gasteiger partial charge in [0, 0.05) is 34.3 Å². The van der Waals surface area contributed by atoms with Crippen molar-refractivity contribution >= 4 is 38.1 Å². The number of hydrogen-bond donors (Lipinski definition) is 1.